The third-order valence-corrected chi connectivity index (χ3v) is 3.08. The van der Waals surface area contributed by atoms with Crippen molar-refractivity contribution in [1.29, 1.82) is 0 Å². The standard InChI is InChI=1S/C11H18N2O3/c1-8(9(2)13(15)16)11(14)12-10-6-4-3-5-7-10/h8,10H,2-7H2,1H3,(H,12,14). The van der Waals surface area contributed by atoms with Gasteiger partial charge < -0.3 is 5.32 Å². The topological polar surface area (TPSA) is 72.2 Å². The second kappa shape index (κ2) is 5.63. The Labute approximate surface area is 95.1 Å². The number of carbonyl (C=O) groups excluding carboxylic acids is 1. The molecule has 1 fully saturated rings. The monoisotopic (exact) mass is 226 g/mol. The summed E-state index contributed by atoms with van der Waals surface area (Å²) in [4.78, 5) is 21.6. The highest BCUT2D eigenvalue weighted by molar-refractivity contribution is 5.80. The molecule has 0 aliphatic heterocycles. The summed E-state index contributed by atoms with van der Waals surface area (Å²) in [5.74, 6) is -1.04. The zero-order valence-electron chi connectivity index (χ0n) is 9.57. The van der Waals surface area contributed by atoms with Crippen molar-refractivity contribution in [2.75, 3.05) is 0 Å². The number of nitrogens with zero attached hydrogens (tertiary/aromatic N) is 1. The molecular formula is C11H18N2O3. The van der Waals surface area contributed by atoms with Crippen molar-refractivity contribution in [3.05, 3.63) is 22.4 Å². The molecule has 90 valence electrons. The van der Waals surface area contributed by atoms with Crippen LogP contribution in [0.15, 0.2) is 12.3 Å². The van der Waals surface area contributed by atoms with Gasteiger partial charge in [-0.2, -0.15) is 0 Å². The van der Waals surface area contributed by atoms with Crippen LogP contribution in [-0.2, 0) is 4.79 Å². The molecule has 1 unspecified atom stereocenters. The van der Waals surface area contributed by atoms with E-state index in [1.165, 1.54) is 13.3 Å². The van der Waals surface area contributed by atoms with E-state index in [-0.39, 0.29) is 17.6 Å². The molecule has 16 heavy (non-hydrogen) atoms. The fourth-order valence-electron chi connectivity index (χ4n) is 1.88. The second-order valence-electron chi connectivity index (χ2n) is 4.31. The minimum Gasteiger partial charge on any atom is -0.353 e. The maximum Gasteiger partial charge on any atom is 0.251 e. The molecule has 5 nitrogen and oxygen atoms in total. The highest BCUT2D eigenvalue weighted by atomic mass is 16.6. The van der Waals surface area contributed by atoms with Crippen molar-refractivity contribution in [3.63, 3.8) is 0 Å². The third-order valence-electron chi connectivity index (χ3n) is 3.08. The highest BCUT2D eigenvalue weighted by Gasteiger charge is 2.27. The van der Waals surface area contributed by atoms with Crippen molar-refractivity contribution in [2.24, 2.45) is 5.92 Å². The summed E-state index contributed by atoms with van der Waals surface area (Å²) in [5, 5.41) is 13.3. The summed E-state index contributed by atoms with van der Waals surface area (Å²) in [7, 11) is 0. The van der Waals surface area contributed by atoms with Crippen molar-refractivity contribution in [3.8, 4) is 0 Å². The first-order chi connectivity index (χ1) is 7.52. The second-order valence-corrected chi connectivity index (χ2v) is 4.31. The molecule has 0 saturated heterocycles. The molecule has 1 saturated carbocycles. The Bertz CT molecular complexity index is 296. The lowest BCUT2D eigenvalue weighted by atomic mass is 9.95. The van der Waals surface area contributed by atoms with Gasteiger partial charge in [0, 0.05) is 6.04 Å². The van der Waals surface area contributed by atoms with E-state index in [9.17, 15) is 14.9 Å². The molecule has 0 aromatic carbocycles. The predicted octanol–water partition coefficient (Wildman–Crippen LogP) is 1.86. The van der Waals surface area contributed by atoms with Crippen LogP contribution in [0.1, 0.15) is 39.0 Å². The summed E-state index contributed by atoms with van der Waals surface area (Å²) in [5.41, 5.74) is -0.242. The van der Waals surface area contributed by atoms with Crippen LogP contribution in [0, 0.1) is 16.0 Å². The van der Waals surface area contributed by atoms with E-state index in [2.05, 4.69) is 11.9 Å². The van der Waals surface area contributed by atoms with E-state index in [0.717, 1.165) is 25.7 Å². The minimum absolute atomic E-state index is 0.184. The van der Waals surface area contributed by atoms with Gasteiger partial charge >= 0.3 is 0 Å². The van der Waals surface area contributed by atoms with Gasteiger partial charge in [0.15, 0.2) is 0 Å². The van der Waals surface area contributed by atoms with E-state index in [1.54, 1.807) is 0 Å². The van der Waals surface area contributed by atoms with Gasteiger partial charge in [-0.25, -0.2) is 0 Å². The molecule has 0 radical (unpaired) electrons. The molecule has 1 aliphatic carbocycles. The van der Waals surface area contributed by atoms with Gasteiger partial charge in [0.2, 0.25) is 5.91 Å². The van der Waals surface area contributed by atoms with E-state index in [4.69, 9.17) is 0 Å². The summed E-state index contributed by atoms with van der Waals surface area (Å²) >= 11 is 0. The van der Waals surface area contributed by atoms with Crippen molar-refractivity contribution < 1.29 is 9.72 Å². The van der Waals surface area contributed by atoms with Crippen LogP contribution in [0.4, 0.5) is 0 Å². The fourth-order valence-corrected chi connectivity index (χ4v) is 1.88. The van der Waals surface area contributed by atoms with Crippen LogP contribution >= 0.6 is 0 Å². The number of hydrogen-bond donors (Lipinski definition) is 1. The predicted molar refractivity (Wildman–Crippen MR) is 60.3 cm³/mol. The van der Waals surface area contributed by atoms with Crippen LogP contribution in [0.2, 0.25) is 0 Å². The molecule has 0 aromatic heterocycles. The molecule has 1 atom stereocenters. The zero-order chi connectivity index (χ0) is 12.1. The van der Waals surface area contributed by atoms with Crippen LogP contribution in [0.5, 0.6) is 0 Å². The highest BCUT2D eigenvalue weighted by Crippen LogP contribution is 2.18. The van der Waals surface area contributed by atoms with Gasteiger partial charge in [-0.15, -0.1) is 0 Å². The normalized spacial score (nSPS) is 18.8. The van der Waals surface area contributed by atoms with Crippen molar-refractivity contribution >= 4 is 5.91 Å². The summed E-state index contributed by atoms with van der Waals surface area (Å²) < 4.78 is 0. The molecule has 0 bridgehead atoms. The van der Waals surface area contributed by atoms with Crippen molar-refractivity contribution in [2.45, 2.75) is 45.1 Å². The van der Waals surface area contributed by atoms with E-state index >= 15 is 0 Å². The van der Waals surface area contributed by atoms with Gasteiger partial charge in [0.05, 0.1) is 4.92 Å². The molecule has 1 rings (SSSR count). The smallest absolute Gasteiger partial charge is 0.251 e. The zero-order valence-corrected chi connectivity index (χ0v) is 9.57. The number of nitrogens with one attached hydrogen (secondary N) is 1. The number of nitro groups is 1. The number of carbonyl (C=O) groups is 1. The van der Waals surface area contributed by atoms with E-state index in [0.29, 0.717) is 0 Å². The van der Waals surface area contributed by atoms with E-state index < -0.39 is 10.8 Å². The quantitative estimate of drug-likeness (QED) is 0.587. The Kier molecular flexibility index (Phi) is 4.46. The largest absolute Gasteiger partial charge is 0.353 e. The van der Waals surface area contributed by atoms with Gasteiger partial charge in [-0.3, -0.25) is 14.9 Å². The van der Waals surface area contributed by atoms with Crippen LogP contribution in [-0.4, -0.2) is 16.9 Å². The van der Waals surface area contributed by atoms with Crippen molar-refractivity contribution in [1.82, 2.24) is 5.32 Å². The number of rotatable bonds is 4. The minimum atomic E-state index is -0.753. The molecule has 1 aliphatic rings. The molecular weight excluding hydrogens is 208 g/mol. The van der Waals surface area contributed by atoms with Crippen LogP contribution < -0.4 is 5.32 Å². The Morgan fingerprint density at radius 1 is 1.44 bits per heavy atom. The summed E-state index contributed by atoms with van der Waals surface area (Å²) in [6, 6.07) is 0.184. The molecule has 0 aromatic rings. The van der Waals surface area contributed by atoms with Crippen LogP contribution in [0.25, 0.3) is 0 Å². The van der Waals surface area contributed by atoms with E-state index in [1.807, 2.05) is 0 Å². The fraction of sp³-hybridized carbons (Fsp3) is 0.727. The Balaban J connectivity index is 2.44. The molecule has 1 N–H and O–H groups in total. The molecule has 5 heteroatoms. The molecule has 0 heterocycles. The third kappa shape index (κ3) is 3.32. The molecule has 1 amide bonds. The summed E-state index contributed by atoms with van der Waals surface area (Å²) in [6.07, 6.45) is 5.40. The van der Waals surface area contributed by atoms with Gasteiger partial charge in [0.25, 0.3) is 5.70 Å². The van der Waals surface area contributed by atoms with Gasteiger partial charge in [0.1, 0.15) is 5.92 Å². The number of hydrogen-bond acceptors (Lipinski definition) is 3. The lowest BCUT2D eigenvalue weighted by Gasteiger charge is -2.23. The average Bonchev–Trinajstić information content (AvgIpc) is 2.28. The molecule has 0 spiro atoms. The first-order valence-corrected chi connectivity index (χ1v) is 5.66. The lowest BCUT2D eigenvalue weighted by molar-refractivity contribution is -0.430. The average molecular weight is 226 g/mol. The number of amides is 1. The maximum absolute atomic E-state index is 11.7. The van der Waals surface area contributed by atoms with Gasteiger partial charge in [-0.1, -0.05) is 19.3 Å². The lowest BCUT2D eigenvalue weighted by Crippen LogP contribution is -2.40. The van der Waals surface area contributed by atoms with Crippen LogP contribution in [0.3, 0.4) is 0 Å². The first-order valence-electron chi connectivity index (χ1n) is 5.66. The Morgan fingerprint density at radius 2 is 2.00 bits per heavy atom. The summed E-state index contributed by atoms with van der Waals surface area (Å²) in [6.45, 7) is 4.83. The maximum atomic E-state index is 11.7. The Hall–Kier alpha value is -1.39. The SMILES string of the molecule is C=C(C(C)C(=O)NC1CCCCC1)[N+](=O)[O-]. The first kappa shape index (κ1) is 12.7. The van der Waals surface area contributed by atoms with Gasteiger partial charge in [-0.05, 0) is 26.3 Å². The Morgan fingerprint density at radius 3 is 2.50 bits per heavy atom.